The van der Waals surface area contributed by atoms with Crippen LogP contribution in [0, 0.1) is 22.7 Å². The van der Waals surface area contributed by atoms with Crippen molar-refractivity contribution in [3.63, 3.8) is 0 Å². The molecular weight excluding hydrogens is 402 g/mol. The molecule has 0 saturated heterocycles. The van der Waals surface area contributed by atoms with Crippen molar-refractivity contribution in [1.82, 2.24) is 19.9 Å². The average molecular weight is 419 g/mol. The third-order valence-electron chi connectivity index (χ3n) is 5.07. The van der Waals surface area contributed by atoms with Crippen LogP contribution in [0.15, 0.2) is 48.9 Å². The lowest BCUT2D eigenvalue weighted by atomic mass is 10.0. The van der Waals surface area contributed by atoms with Crippen LogP contribution in [0.25, 0.3) is 33.9 Å². The van der Waals surface area contributed by atoms with E-state index in [9.17, 15) is 10.5 Å². The van der Waals surface area contributed by atoms with E-state index in [0.29, 0.717) is 39.8 Å². The van der Waals surface area contributed by atoms with Crippen LogP contribution in [0.3, 0.4) is 0 Å². The predicted molar refractivity (Wildman–Crippen MR) is 119 cm³/mol. The van der Waals surface area contributed by atoms with Gasteiger partial charge in [0.05, 0.1) is 40.4 Å². The molecule has 4 aromatic rings. The van der Waals surface area contributed by atoms with E-state index in [4.69, 9.17) is 9.72 Å². The number of ether oxygens (including phenoxy) is 1. The molecule has 5 rings (SSSR count). The average Bonchev–Trinajstić information content (AvgIpc) is 3.18. The Morgan fingerprint density at radius 3 is 2.53 bits per heavy atom. The van der Waals surface area contributed by atoms with E-state index in [1.807, 2.05) is 32.0 Å². The van der Waals surface area contributed by atoms with Gasteiger partial charge in [0.25, 0.3) is 0 Å². The van der Waals surface area contributed by atoms with Gasteiger partial charge < -0.3 is 15.0 Å². The highest BCUT2D eigenvalue weighted by molar-refractivity contribution is 5.95. The minimum Gasteiger partial charge on any atom is -0.491 e. The van der Waals surface area contributed by atoms with E-state index in [1.165, 1.54) is 0 Å². The Balaban J connectivity index is 1.77. The van der Waals surface area contributed by atoms with Gasteiger partial charge in [-0.05, 0) is 44.2 Å². The number of benzene rings is 1. The third kappa shape index (κ3) is 3.11. The fourth-order valence-electron chi connectivity index (χ4n) is 3.80. The van der Waals surface area contributed by atoms with Crippen molar-refractivity contribution in [3.8, 4) is 51.8 Å². The molecule has 0 bridgehead atoms. The molecule has 8 nitrogen and oxygen atoms in total. The van der Waals surface area contributed by atoms with Crippen LogP contribution < -0.4 is 10.1 Å². The largest absolute Gasteiger partial charge is 0.491 e. The predicted octanol–water partition coefficient (Wildman–Crippen LogP) is 4.79. The first-order valence-corrected chi connectivity index (χ1v) is 10.0. The van der Waals surface area contributed by atoms with Gasteiger partial charge in [-0.2, -0.15) is 10.5 Å². The molecule has 4 heterocycles. The van der Waals surface area contributed by atoms with Crippen molar-refractivity contribution in [2.45, 2.75) is 20.0 Å². The van der Waals surface area contributed by atoms with E-state index in [0.717, 1.165) is 22.5 Å². The molecule has 1 aliphatic heterocycles. The first kappa shape index (κ1) is 19.3. The lowest BCUT2D eigenvalue weighted by Gasteiger charge is -2.12. The minimum absolute atomic E-state index is 0.0831. The van der Waals surface area contributed by atoms with Gasteiger partial charge in [-0.1, -0.05) is 0 Å². The molecule has 0 aliphatic carbocycles. The zero-order valence-electron chi connectivity index (χ0n) is 17.3. The number of pyridine rings is 2. The van der Waals surface area contributed by atoms with Gasteiger partial charge in [0.15, 0.2) is 0 Å². The number of nitrogens with zero attached hydrogens (tertiary/aromatic N) is 5. The zero-order chi connectivity index (χ0) is 22.2. The lowest BCUT2D eigenvalue weighted by Crippen LogP contribution is -2.06. The van der Waals surface area contributed by atoms with Gasteiger partial charge in [-0.3, -0.25) is 4.98 Å². The van der Waals surface area contributed by atoms with Crippen molar-refractivity contribution in [2.24, 2.45) is 0 Å². The zero-order valence-corrected chi connectivity index (χ0v) is 17.3. The number of H-pyrrole nitrogens is 1. The number of hydrogen-bond acceptors (Lipinski definition) is 7. The molecule has 0 fully saturated rings. The molecule has 0 unspecified atom stereocenters. The summed E-state index contributed by atoms with van der Waals surface area (Å²) < 4.78 is 5.72. The summed E-state index contributed by atoms with van der Waals surface area (Å²) in [7, 11) is 0. The summed E-state index contributed by atoms with van der Waals surface area (Å²) in [6, 6.07) is 13.3. The summed E-state index contributed by atoms with van der Waals surface area (Å²) in [6.07, 6.45) is 5.05. The fourth-order valence-corrected chi connectivity index (χ4v) is 3.80. The molecule has 32 heavy (non-hydrogen) atoms. The molecule has 1 aromatic carbocycles. The molecule has 154 valence electrons. The molecular formula is C24H17N7O. The maximum absolute atomic E-state index is 9.84. The van der Waals surface area contributed by atoms with E-state index < -0.39 is 0 Å². The molecule has 2 N–H and O–H groups in total. The number of nitriles is 2. The SMILES string of the molecule is CC(C)Oc1cc(C#N)c(-c2nc3c([nH]2)-c2ccncc2Nc2ncccc2-3)c(C#N)c1. The molecule has 3 aromatic heterocycles. The van der Waals surface area contributed by atoms with Crippen molar-refractivity contribution in [2.75, 3.05) is 5.32 Å². The topological polar surface area (TPSA) is 123 Å². The van der Waals surface area contributed by atoms with Crippen molar-refractivity contribution in [3.05, 3.63) is 60.0 Å². The number of hydrogen-bond donors (Lipinski definition) is 2. The summed E-state index contributed by atoms with van der Waals surface area (Å²) in [6.45, 7) is 3.78. The van der Waals surface area contributed by atoms with Gasteiger partial charge in [-0.25, -0.2) is 9.97 Å². The highest BCUT2D eigenvalue weighted by atomic mass is 16.5. The molecule has 1 aliphatic rings. The second-order valence-electron chi connectivity index (χ2n) is 7.54. The smallest absolute Gasteiger partial charge is 0.141 e. The van der Waals surface area contributed by atoms with Crippen LogP contribution in [0.2, 0.25) is 0 Å². The third-order valence-corrected chi connectivity index (χ3v) is 5.07. The number of fused-ring (bicyclic) bond motifs is 5. The van der Waals surface area contributed by atoms with E-state index in [1.54, 1.807) is 30.7 Å². The van der Waals surface area contributed by atoms with Crippen LogP contribution in [-0.4, -0.2) is 26.0 Å². The summed E-state index contributed by atoms with van der Waals surface area (Å²) in [5.41, 5.74) is 4.94. The number of aromatic nitrogens is 4. The Hall–Kier alpha value is -4.69. The highest BCUT2D eigenvalue weighted by Crippen LogP contribution is 2.43. The summed E-state index contributed by atoms with van der Waals surface area (Å²) in [4.78, 5) is 16.8. The van der Waals surface area contributed by atoms with Gasteiger partial charge in [0, 0.05) is 23.5 Å². The number of anilines is 2. The molecule has 0 atom stereocenters. The Morgan fingerprint density at radius 1 is 1.03 bits per heavy atom. The summed E-state index contributed by atoms with van der Waals surface area (Å²) in [5, 5.41) is 23.0. The monoisotopic (exact) mass is 419 g/mol. The first-order valence-electron chi connectivity index (χ1n) is 10.0. The van der Waals surface area contributed by atoms with Crippen LogP contribution in [0.1, 0.15) is 25.0 Å². The quantitative estimate of drug-likeness (QED) is 0.431. The van der Waals surface area contributed by atoms with E-state index in [-0.39, 0.29) is 6.10 Å². The van der Waals surface area contributed by atoms with Crippen molar-refractivity contribution < 1.29 is 4.74 Å². The van der Waals surface area contributed by atoms with Crippen LogP contribution in [0.4, 0.5) is 11.5 Å². The maximum Gasteiger partial charge on any atom is 0.141 e. The van der Waals surface area contributed by atoms with Crippen molar-refractivity contribution in [1.29, 1.82) is 10.5 Å². The van der Waals surface area contributed by atoms with Crippen molar-refractivity contribution >= 4 is 11.5 Å². The summed E-state index contributed by atoms with van der Waals surface area (Å²) in [5.74, 6) is 1.55. The molecule has 8 heteroatoms. The minimum atomic E-state index is -0.0831. The maximum atomic E-state index is 9.84. The Kier molecular flexibility index (Phi) is 4.54. The van der Waals surface area contributed by atoms with E-state index >= 15 is 0 Å². The lowest BCUT2D eigenvalue weighted by molar-refractivity contribution is 0.242. The van der Waals surface area contributed by atoms with Gasteiger partial charge in [0.1, 0.15) is 35.2 Å². The van der Waals surface area contributed by atoms with Crippen LogP contribution in [0.5, 0.6) is 5.75 Å². The first-order chi connectivity index (χ1) is 15.6. The van der Waals surface area contributed by atoms with Gasteiger partial charge >= 0.3 is 0 Å². The van der Waals surface area contributed by atoms with Crippen LogP contribution >= 0.6 is 0 Å². The number of imidazole rings is 1. The number of nitrogens with one attached hydrogen (secondary N) is 2. The molecule has 0 radical (unpaired) electrons. The van der Waals surface area contributed by atoms with E-state index in [2.05, 4.69) is 32.4 Å². The molecule has 0 saturated carbocycles. The number of aromatic amines is 1. The Bertz CT molecular complexity index is 1340. The standard InChI is InChI=1S/C24H17N7O/c1-13(2)32-16-8-14(10-25)20(15(9-16)11-26)24-30-21-17-5-7-27-12-19(17)29-23-18(22(21)31-24)4-3-6-28-23/h3-9,12-13H,1-2H3,(H,28,29)(H,30,31). The fraction of sp³-hybridized carbons (Fsp3) is 0.125. The molecule has 0 spiro atoms. The molecule has 0 amide bonds. The summed E-state index contributed by atoms with van der Waals surface area (Å²) >= 11 is 0. The van der Waals surface area contributed by atoms with Gasteiger partial charge in [0.2, 0.25) is 0 Å². The second-order valence-corrected chi connectivity index (χ2v) is 7.54. The number of rotatable bonds is 3. The second kappa shape index (κ2) is 7.53. The Morgan fingerprint density at radius 2 is 1.81 bits per heavy atom. The Labute approximate surface area is 184 Å². The normalized spacial score (nSPS) is 11.3. The van der Waals surface area contributed by atoms with Gasteiger partial charge in [-0.15, -0.1) is 0 Å². The van der Waals surface area contributed by atoms with Crippen LogP contribution in [-0.2, 0) is 0 Å². The highest BCUT2D eigenvalue weighted by Gasteiger charge is 2.26.